The van der Waals surface area contributed by atoms with Crippen LogP contribution in [-0.4, -0.2) is 12.9 Å². The van der Waals surface area contributed by atoms with Crippen molar-refractivity contribution >= 4 is 27.8 Å². The summed E-state index contributed by atoms with van der Waals surface area (Å²) in [6, 6.07) is 18.2. The number of nitrogens with one attached hydrogen (secondary N) is 1. The largest absolute Gasteiger partial charge is 0.497 e. The Kier molecular flexibility index (Phi) is 4.59. The topological polar surface area (TPSA) is 62.1 Å². The maximum atomic E-state index is 12.6. The van der Waals surface area contributed by atoms with Crippen LogP contribution in [0.15, 0.2) is 60.0 Å². The number of benzene rings is 2. The molecule has 0 unspecified atom stereocenters. The van der Waals surface area contributed by atoms with Gasteiger partial charge in [-0.05, 0) is 47.8 Å². The molecule has 4 nitrogen and oxygen atoms in total. The summed E-state index contributed by atoms with van der Waals surface area (Å²) >= 11 is 1.45. The molecule has 0 aliphatic heterocycles. The zero-order valence-electron chi connectivity index (χ0n) is 12.9. The number of carbonyl (C=O) groups excluding carboxylic acids is 1. The molecule has 2 aromatic carbocycles. The Labute approximate surface area is 143 Å². The second-order valence-electron chi connectivity index (χ2n) is 5.04. The zero-order chi connectivity index (χ0) is 16.9. The number of carbonyl (C=O) groups is 1. The van der Waals surface area contributed by atoms with Crippen LogP contribution in [0.3, 0.4) is 0 Å². The van der Waals surface area contributed by atoms with Gasteiger partial charge in [0, 0.05) is 16.8 Å². The Morgan fingerprint density at radius 2 is 1.92 bits per heavy atom. The summed E-state index contributed by atoms with van der Waals surface area (Å²) in [4.78, 5) is 12.6. The van der Waals surface area contributed by atoms with Crippen LogP contribution in [0.5, 0.6) is 5.75 Å². The number of hydrogen-bond donors (Lipinski definition) is 1. The minimum absolute atomic E-state index is 0.0620. The van der Waals surface area contributed by atoms with Gasteiger partial charge < -0.3 is 10.1 Å². The van der Waals surface area contributed by atoms with E-state index in [1.807, 2.05) is 17.5 Å². The Morgan fingerprint density at radius 3 is 2.62 bits per heavy atom. The Hall–Kier alpha value is -3.10. The van der Waals surface area contributed by atoms with Gasteiger partial charge in [-0.2, -0.15) is 5.26 Å². The number of nitriles is 1. The van der Waals surface area contributed by atoms with E-state index in [1.54, 1.807) is 49.6 Å². The van der Waals surface area contributed by atoms with Crippen molar-refractivity contribution in [3.05, 3.63) is 76.7 Å². The first-order valence-corrected chi connectivity index (χ1v) is 8.12. The maximum absolute atomic E-state index is 12.6. The zero-order valence-corrected chi connectivity index (χ0v) is 13.8. The molecule has 0 radical (unpaired) electrons. The molecule has 24 heavy (non-hydrogen) atoms. The van der Waals surface area contributed by atoms with Gasteiger partial charge in [-0.25, -0.2) is 0 Å². The third-order valence-corrected chi connectivity index (χ3v) is 4.35. The quantitative estimate of drug-likeness (QED) is 0.693. The molecule has 1 aromatic heterocycles. The van der Waals surface area contributed by atoms with E-state index in [9.17, 15) is 4.79 Å². The second-order valence-corrected chi connectivity index (χ2v) is 5.95. The highest BCUT2D eigenvalue weighted by atomic mass is 32.1. The molecule has 0 atom stereocenters. The van der Waals surface area contributed by atoms with Crippen molar-refractivity contribution in [3.8, 4) is 11.8 Å². The van der Waals surface area contributed by atoms with Crippen molar-refractivity contribution < 1.29 is 9.53 Å². The third kappa shape index (κ3) is 3.29. The van der Waals surface area contributed by atoms with Crippen molar-refractivity contribution in [1.82, 2.24) is 0 Å². The highest BCUT2D eigenvalue weighted by Gasteiger charge is 2.11. The molecule has 0 amide bonds. The lowest BCUT2D eigenvalue weighted by atomic mass is 10.0. The van der Waals surface area contributed by atoms with Crippen LogP contribution in [0.25, 0.3) is 0 Å². The van der Waals surface area contributed by atoms with Gasteiger partial charge in [-0.3, -0.25) is 4.79 Å². The van der Waals surface area contributed by atoms with Gasteiger partial charge in [-0.15, -0.1) is 11.3 Å². The molecule has 118 valence electrons. The summed E-state index contributed by atoms with van der Waals surface area (Å²) in [5.41, 5.74) is 2.54. The standard InChI is InChI=1S/C19H14N2O2S/c1-23-17-7-5-13(6-8-17)18(22)14-3-2-4-16(11-14)21-19-15(12-20)9-10-24-19/h2-11,21H,1H3. The first-order chi connectivity index (χ1) is 11.7. The monoisotopic (exact) mass is 334 g/mol. The van der Waals surface area contributed by atoms with Crippen molar-refractivity contribution in [1.29, 1.82) is 5.26 Å². The average molecular weight is 334 g/mol. The molecule has 5 heteroatoms. The number of ketones is 1. The van der Waals surface area contributed by atoms with Gasteiger partial charge in [-0.1, -0.05) is 12.1 Å². The van der Waals surface area contributed by atoms with Gasteiger partial charge in [0.25, 0.3) is 0 Å². The number of nitrogens with zero attached hydrogens (tertiary/aromatic N) is 1. The molecular formula is C19H14N2O2S. The van der Waals surface area contributed by atoms with Crippen LogP contribution in [0, 0.1) is 11.3 Å². The lowest BCUT2D eigenvalue weighted by Gasteiger charge is -2.07. The number of hydrogen-bond acceptors (Lipinski definition) is 5. The van der Waals surface area contributed by atoms with E-state index < -0.39 is 0 Å². The summed E-state index contributed by atoms with van der Waals surface area (Å²) in [6.07, 6.45) is 0. The molecule has 0 aliphatic carbocycles. The normalized spacial score (nSPS) is 10.0. The number of ether oxygens (including phenoxy) is 1. The lowest BCUT2D eigenvalue weighted by molar-refractivity contribution is 0.103. The highest BCUT2D eigenvalue weighted by molar-refractivity contribution is 7.14. The Bertz CT molecular complexity index is 908. The molecule has 0 aliphatic rings. The summed E-state index contributed by atoms with van der Waals surface area (Å²) < 4.78 is 5.11. The van der Waals surface area contributed by atoms with Gasteiger partial charge in [0.15, 0.2) is 5.78 Å². The van der Waals surface area contributed by atoms with Crippen LogP contribution < -0.4 is 10.1 Å². The molecular weight excluding hydrogens is 320 g/mol. The van der Waals surface area contributed by atoms with Crippen LogP contribution >= 0.6 is 11.3 Å². The van der Waals surface area contributed by atoms with Gasteiger partial charge in [0.1, 0.15) is 16.8 Å². The molecule has 0 bridgehead atoms. The lowest BCUT2D eigenvalue weighted by Crippen LogP contribution is -2.02. The predicted molar refractivity (Wildman–Crippen MR) is 95.2 cm³/mol. The number of methoxy groups -OCH3 is 1. The highest BCUT2D eigenvalue weighted by Crippen LogP contribution is 2.27. The van der Waals surface area contributed by atoms with Crippen LogP contribution in [0.1, 0.15) is 21.5 Å². The fourth-order valence-corrected chi connectivity index (χ4v) is 3.03. The second kappa shape index (κ2) is 6.99. The van der Waals surface area contributed by atoms with E-state index in [0.717, 1.165) is 10.7 Å². The molecule has 0 saturated heterocycles. The van der Waals surface area contributed by atoms with Crippen LogP contribution in [0.4, 0.5) is 10.7 Å². The predicted octanol–water partition coefficient (Wildman–Crippen LogP) is 4.60. The first-order valence-electron chi connectivity index (χ1n) is 7.24. The molecule has 1 N–H and O–H groups in total. The summed E-state index contributed by atoms with van der Waals surface area (Å²) in [5, 5.41) is 14.9. The van der Waals surface area contributed by atoms with E-state index in [1.165, 1.54) is 11.3 Å². The SMILES string of the molecule is COc1ccc(C(=O)c2cccc(Nc3sccc3C#N)c2)cc1. The van der Waals surface area contributed by atoms with E-state index in [4.69, 9.17) is 10.00 Å². The van der Waals surface area contributed by atoms with Gasteiger partial charge >= 0.3 is 0 Å². The summed E-state index contributed by atoms with van der Waals surface area (Å²) in [7, 11) is 1.59. The van der Waals surface area contributed by atoms with Crippen molar-refractivity contribution in [3.63, 3.8) is 0 Å². The molecule has 3 rings (SSSR count). The number of thiophene rings is 1. The fraction of sp³-hybridized carbons (Fsp3) is 0.0526. The minimum Gasteiger partial charge on any atom is -0.497 e. The molecule has 3 aromatic rings. The van der Waals surface area contributed by atoms with Gasteiger partial charge in [0.05, 0.1) is 12.7 Å². The van der Waals surface area contributed by atoms with Crippen molar-refractivity contribution in [2.45, 2.75) is 0 Å². The first kappa shape index (κ1) is 15.8. The van der Waals surface area contributed by atoms with Crippen LogP contribution in [-0.2, 0) is 0 Å². The maximum Gasteiger partial charge on any atom is 0.193 e. The van der Waals surface area contributed by atoms with E-state index in [-0.39, 0.29) is 5.78 Å². The minimum atomic E-state index is -0.0620. The van der Waals surface area contributed by atoms with Crippen LogP contribution in [0.2, 0.25) is 0 Å². The fourth-order valence-electron chi connectivity index (χ4n) is 2.27. The van der Waals surface area contributed by atoms with Crippen molar-refractivity contribution in [2.75, 3.05) is 12.4 Å². The van der Waals surface area contributed by atoms with E-state index in [2.05, 4.69) is 11.4 Å². The molecule has 0 saturated carbocycles. The molecule has 0 spiro atoms. The van der Waals surface area contributed by atoms with E-state index >= 15 is 0 Å². The molecule has 1 heterocycles. The average Bonchev–Trinajstić information content (AvgIpc) is 3.08. The van der Waals surface area contributed by atoms with E-state index in [0.29, 0.717) is 22.4 Å². The van der Waals surface area contributed by atoms with Gasteiger partial charge in [0.2, 0.25) is 0 Å². The smallest absolute Gasteiger partial charge is 0.193 e. The Morgan fingerprint density at radius 1 is 1.12 bits per heavy atom. The number of rotatable bonds is 5. The third-order valence-electron chi connectivity index (χ3n) is 3.52. The number of anilines is 2. The van der Waals surface area contributed by atoms with Crippen molar-refractivity contribution in [2.24, 2.45) is 0 Å². The Balaban J connectivity index is 1.84. The molecule has 0 fully saturated rings. The summed E-state index contributed by atoms with van der Waals surface area (Å²) in [5.74, 6) is 0.650. The summed E-state index contributed by atoms with van der Waals surface area (Å²) in [6.45, 7) is 0.